The van der Waals surface area contributed by atoms with E-state index in [4.69, 9.17) is 5.26 Å². The van der Waals surface area contributed by atoms with Gasteiger partial charge in [-0.2, -0.15) is 5.26 Å². The lowest BCUT2D eigenvalue weighted by atomic mass is 10.3. The number of nitrogens with one attached hydrogen (secondary N) is 1. The maximum absolute atomic E-state index is 8.63. The summed E-state index contributed by atoms with van der Waals surface area (Å²) in [4.78, 5) is 1.19. The summed E-state index contributed by atoms with van der Waals surface area (Å²) in [6.07, 6.45) is 2.40. The minimum atomic E-state index is 0.316. The molecule has 2 nitrogen and oxygen atoms in total. The van der Waals surface area contributed by atoms with Crippen LogP contribution in [0.25, 0.3) is 0 Å². The van der Waals surface area contributed by atoms with E-state index >= 15 is 0 Å². The summed E-state index contributed by atoms with van der Waals surface area (Å²) < 4.78 is 0. The van der Waals surface area contributed by atoms with Gasteiger partial charge in [-0.3, -0.25) is 0 Å². The predicted molar refractivity (Wildman–Crippen MR) is 70.7 cm³/mol. The van der Waals surface area contributed by atoms with Crippen LogP contribution in [0.3, 0.4) is 0 Å². The highest BCUT2D eigenvalue weighted by atomic mass is 32.2. The molecular weight excluding hydrogens is 216 g/mol. The molecule has 0 radical (unpaired) electrons. The number of hydrogen-bond donors (Lipinski definition) is 1. The topological polar surface area (TPSA) is 35.8 Å². The van der Waals surface area contributed by atoms with Crippen LogP contribution in [-0.2, 0) is 0 Å². The van der Waals surface area contributed by atoms with Crippen molar-refractivity contribution in [2.45, 2.75) is 23.5 Å². The molecule has 0 aromatic heterocycles. The lowest BCUT2D eigenvalue weighted by Gasteiger charge is -2.12. The maximum atomic E-state index is 8.63. The SMILES string of the molecule is C=CCNc1ccccc1S[C@@H](C)CC#N. The molecule has 0 fully saturated rings. The number of hydrogen-bond acceptors (Lipinski definition) is 3. The van der Waals surface area contributed by atoms with Crippen LogP contribution in [-0.4, -0.2) is 11.8 Å². The number of anilines is 1. The summed E-state index contributed by atoms with van der Waals surface area (Å²) in [7, 11) is 0. The normalized spacial score (nSPS) is 11.5. The number of benzene rings is 1. The zero-order chi connectivity index (χ0) is 11.8. The van der Waals surface area contributed by atoms with E-state index in [0.29, 0.717) is 11.7 Å². The largest absolute Gasteiger partial charge is 0.381 e. The quantitative estimate of drug-likeness (QED) is 0.600. The summed E-state index contributed by atoms with van der Waals surface area (Å²) in [6, 6.07) is 10.3. The molecule has 0 bridgehead atoms. The van der Waals surface area contributed by atoms with Crippen LogP contribution in [0.4, 0.5) is 5.69 Å². The fourth-order valence-corrected chi connectivity index (χ4v) is 2.30. The van der Waals surface area contributed by atoms with Gasteiger partial charge >= 0.3 is 0 Å². The summed E-state index contributed by atoms with van der Waals surface area (Å²) in [5.41, 5.74) is 1.11. The third kappa shape index (κ3) is 4.00. The fourth-order valence-electron chi connectivity index (χ4n) is 1.28. The molecule has 0 heterocycles. The van der Waals surface area contributed by atoms with Gasteiger partial charge in [-0.15, -0.1) is 18.3 Å². The van der Waals surface area contributed by atoms with E-state index in [1.165, 1.54) is 4.90 Å². The molecule has 0 aliphatic rings. The summed E-state index contributed by atoms with van der Waals surface area (Å²) in [5, 5.41) is 12.2. The van der Waals surface area contributed by atoms with Gasteiger partial charge < -0.3 is 5.32 Å². The summed E-state index contributed by atoms with van der Waals surface area (Å²) in [5.74, 6) is 0. The van der Waals surface area contributed by atoms with Crippen LogP contribution in [0, 0.1) is 11.3 Å². The monoisotopic (exact) mass is 232 g/mol. The van der Waals surface area contributed by atoms with E-state index < -0.39 is 0 Å². The van der Waals surface area contributed by atoms with E-state index in [1.807, 2.05) is 24.3 Å². The standard InChI is InChI=1S/C13H16N2S/c1-3-10-15-12-6-4-5-7-13(12)16-11(2)8-9-14/h3-7,11,15H,1,8,10H2,2H3/t11-/m0/s1. The smallest absolute Gasteiger partial charge is 0.0633 e. The molecule has 1 N–H and O–H groups in total. The van der Waals surface area contributed by atoms with Gasteiger partial charge in [0.25, 0.3) is 0 Å². The molecule has 0 aliphatic heterocycles. The second-order valence-corrected chi connectivity index (χ2v) is 4.94. The molecule has 0 amide bonds. The van der Waals surface area contributed by atoms with Crippen molar-refractivity contribution in [3.63, 3.8) is 0 Å². The molecule has 3 heteroatoms. The van der Waals surface area contributed by atoms with Crippen LogP contribution in [0.2, 0.25) is 0 Å². The van der Waals surface area contributed by atoms with Gasteiger partial charge in [-0.25, -0.2) is 0 Å². The second kappa shape index (κ2) is 6.97. The Bertz CT molecular complexity index is 382. The van der Waals surface area contributed by atoms with Crippen molar-refractivity contribution < 1.29 is 0 Å². The molecule has 1 aromatic rings. The lowest BCUT2D eigenvalue weighted by Crippen LogP contribution is -2.01. The Morgan fingerprint density at radius 3 is 3.00 bits per heavy atom. The third-order valence-corrected chi connectivity index (χ3v) is 3.21. The van der Waals surface area contributed by atoms with Crippen molar-refractivity contribution in [2.24, 2.45) is 0 Å². The van der Waals surface area contributed by atoms with Gasteiger partial charge in [0.15, 0.2) is 0 Å². The Hall–Kier alpha value is -1.40. The minimum absolute atomic E-state index is 0.316. The average Bonchev–Trinajstić information content (AvgIpc) is 2.28. The van der Waals surface area contributed by atoms with Crippen molar-refractivity contribution in [3.05, 3.63) is 36.9 Å². The molecule has 1 rings (SSSR count). The lowest BCUT2D eigenvalue weighted by molar-refractivity contribution is 0.989. The van der Waals surface area contributed by atoms with Gasteiger partial charge in [-0.1, -0.05) is 25.1 Å². The minimum Gasteiger partial charge on any atom is -0.381 e. The molecule has 84 valence electrons. The highest BCUT2D eigenvalue weighted by molar-refractivity contribution is 8.00. The van der Waals surface area contributed by atoms with Gasteiger partial charge in [-0.05, 0) is 12.1 Å². The first-order valence-electron chi connectivity index (χ1n) is 5.25. The van der Waals surface area contributed by atoms with Crippen molar-refractivity contribution in [3.8, 4) is 6.07 Å². The second-order valence-electron chi connectivity index (χ2n) is 3.46. The van der Waals surface area contributed by atoms with Crippen LogP contribution < -0.4 is 5.32 Å². The highest BCUT2D eigenvalue weighted by Gasteiger charge is 2.07. The van der Waals surface area contributed by atoms with Crippen molar-refractivity contribution in [1.29, 1.82) is 5.26 Å². The zero-order valence-corrected chi connectivity index (χ0v) is 10.3. The molecule has 0 unspecified atom stereocenters. The van der Waals surface area contributed by atoms with Gasteiger partial charge in [0, 0.05) is 28.8 Å². The fraction of sp³-hybridized carbons (Fsp3) is 0.308. The van der Waals surface area contributed by atoms with Gasteiger partial charge in [0.2, 0.25) is 0 Å². The number of nitrogens with zero attached hydrogens (tertiary/aromatic N) is 1. The predicted octanol–water partition coefficient (Wildman–Crippen LogP) is 3.68. The van der Waals surface area contributed by atoms with E-state index in [1.54, 1.807) is 11.8 Å². The molecule has 0 saturated carbocycles. The van der Waals surface area contributed by atoms with Crippen LogP contribution in [0.5, 0.6) is 0 Å². The van der Waals surface area contributed by atoms with Crippen molar-refractivity contribution in [2.75, 3.05) is 11.9 Å². The Kier molecular flexibility index (Phi) is 5.52. The first-order chi connectivity index (χ1) is 7.77. The summed E-state index contributed by atoms with van der Waals surface area (Å²) >= 11 is 1.73. The molecular formula is C13H16N2S. The number of thioether (sulfide) groups is 1. The van der Waals surface area contributed by atoms with E-state index in [2.05, 4.69) is 31.0 Å². The first kappa shape index (κ1) is 12.7. The Balaban J connectivity index is 2.70. The molecule has 1 aromatic carbocycles. The van der Waals surface area contributed by atoms with Crippen LogP contribution in [0.1, 0.15) is 13.3 Å². The van der Waals surface area contributed by atoms with Crippen molar-refractivity contribution >= 4 is 17.4 Å². The summed E-state index contributed by atoms with van der Waals surface area (Å²) in [6.45, 7) is 6.51. The van der Waals surface area contributed by atoms with Gasteiger partial charge in [0.05, 0.1) is 6.07 Å². The van der Waals surface area contributed by atoms with Crippen LogP contribution in [0.15, 0.2) is 41.8 Å². The third-order valence-electron chi connectivity index (χ3n) is 2.03. The Morgan fingerprint density at radius 1 is 1.56 bits per heavy atom. The van der Waals surface area contributed by atoms with Gasteiger partial charge in [0.1, 0.15) is 0 Å². The zero-order valence-electron chi connectivity index (χ0n) is 9.44. The molecule has 0 saturated heterocycles. The molecule has 1 atom stereocenters. The van der Waals surface area contributed by atoms with Crippen molar-refractivity contribution in [1.82, 2.24) is 0 Å². The molecule has 16 heavy (non-hydrogen) atoms. The molecule has 0 aliphatic carbocycles. The number of nitriles is 1. The number of para-hydroxylation sites is 1. The van der Waals surface area contributed by atoms with Crippen LogP contribution >= 0.6 is 11.8 Å². The van der Waals surface area contributed by atoms with E-state index in [9.17, 15) is 0 Å². The number of rotatable bonds is 6. The van der Waals surface area contributed by atoms with E-state index in [-0.39, 0.29) is 0 Å². The first-order valence-corrected chi connectivity index (χ1v) is 6.13. The average molecular weight is 232 g/mol. The highest BCUT2D eigenvalue weighted by Crippen LogP contribution is 2.31. The molecule has 0 spiro atoms. The Morgan fingerprint density at radius 2 is 2.31 bits per heavy atom. The van der Waals surface area contributed by atoms with E-state index in [0.717, 1.165) is 12.2 Å². The maximum Gasteiger partial charge on any atom is 0.0633 e. The Labute approximate surface area is 101 Å².